The third-order valence-electron chi connectivity index (χ3n) is 4.50. The number of hydrogen-bond donors (Lipinski definition) is 2. The van der Waals surface area contributed by atoms with Gasteiger partial charge in [-0.15, -0.1) is 0 Å². The number of pyridine rings is 1. The lowest BCUT2D eigenvalue weighted by Gasteiger charge is -2.28. The van der Waals surface area contributed by atoms with Gasteiger partial charge in [0.15, 0.2) is 5.11 Å². The number of fused-ring (bicyclic) bond motifs is 1. The van der Waals surface area contributed by atoms with E-state index in [2.05, 4.69) is 16.4 Å². The number of benzene rings is 1. The minimum Gasteiger partial charge on any atom is -0.376 e. The highest BCUT2D eigenvalue weighted by Gasteiger charge is 2.21. The van der Waals surface area contributed by atoms with Crippen LogP contribution in [0.5, 0.6) is 0 Å². The Morgan fingerprint density at radius 3 is 3.00 bits per heavy atom. The van der Waals surface area contributed by atoms with Crippen molar-refractivity contribution in [3.8, 4) is 0 Å². The van der Waals surface area contributed by atoms with Crippen molar-refractivity contribution >= 4 is 28.2 Å². The molecule has 0 bridgehead atoms. The molecule has 6 heteroatoms. The summed E-state index contributed by atoms with van der Waals surface area (Å²) in [5.74, 6) is 0. The number of aromatic amines is 1. The van der Waals surface area contributed by atoms with E-state index in [4.69, 9.17) is 17.0 Å². The van der Waals surface area contributed by atoms with Gasteiger partial charge in [0.05, 0.1) is 12.6 Å². The van der Waals surface area contributed by atoms with Crippen LogP contribution < -0.4 is 10.9 Å². The first-order valence-corrected chi connectivity index (χ1v) is 9.24. The van der Waals surface area contributed by atoms with Gasteiger partial charge in [0.25, 0.3) is 5.56 Å². The summed E-state index contributed by atoms with van der Waals surface area (Å²) in [7, 11) is 0. The molecule has 3 rings (SSSR count). The van der Waals surface area contributed by atoms with Gasteiger partial charge in [0.2, 0.25) is 0 Å². The Bertz CT molecular complexity index is 812. The number of nitrogens with one attached hydrogen (secondary N) is 2. The third kappa shape index (κ3) is 4.38. The second kappa shape index (κ2) is 7.97. The first kappa shape index (κ1) is 17.9. The second-order valence-electron chi connectivity index (χ2n) is 6.57. The number of rotatable bonds is 5. The molecule has 1 unspecified atom stereocenters. The number of aryl methyl sites for hydroxylation is 1. The standard InChI is InChI=1S/C19H25N3O2S/c1-3-20-19(25)22(12-16-5-4-8-24-16)11-15-10-14-9-13(2)6-7-17(14)21-18(15)23/h6-7,9-10,16H,3-5,8,11-12H2,1-2H3,(H,20,25)(H,21,23). The van der Waals surface area contributed by atoms with Crippen LogP contribution in [0.1, 0.15) is 30.9 Å². The number of nitrogens with zero attached hydrogens (tertiary/aromatic N) is 1. The summed E-state index contributed by atoms with van der Waals surface area (Å²) in [6.45, 7) is 6.81. The highest BCUT2D eigenvalue weighted by Crippen LogP contribution is 2.17. The van der Waals surface area contributed by atoms with E-state index in [-0.39, 0.29) is 11.7 Å². The van der Waals surface area contributed by atoms with Gasteiger partial charge in [0.1, 0.15) is 0 Å². The van der Waals surface area contributed by atoms with Crippen LogP contribution in [-0.2, 0) is 11.3 Å². The molecular formula is C19H25N3O2S. The van der Waals surface area contributed by atoms with E-state index in [0.29, 0.717) is 18.2 Å². The molecule has 5 nitrogen and oxygen atoms in total. The minimum atomic E-state index is -0.0620. The van der Waals surface area contributed by atoms with Gasteiger partial charge in [0, 0.05) is 30.8 Å². The highest BCUT2D eigenvalue weighted by molar-refractivity contribution is 7.80. The number of H-pyrrole nitrogens is 1. The van der Waals surface area contributed by atoms with E-state index in [1.807, 2.05) is 36.9 Å². The first-order valence-electron chi connectivity index (χ1n) is 8.83. The average molecular weight is 359 g/mol. The second-order valence-corrected chi connectivity index (χ2v) is 6.95. The molecule has 0 amide bonds. The smallest absolute Gasteiger partial charge is 0.253 e. The van der Waals surface area contributed by atoms with Crippen LogP contribution in [0.4, 0.5) is 0 Å². The van der Waals surface area contributed by atoms with Crippen molar-refractivity contribution in [2.75, 3.05) is 19.7 Å². The van der Waals surface area contributed by atoms with Crippen molar-refractivity contribution in [3.05, 3.63) is 45.7 Å². The van der Waals surface area contributed by atoms with Crippen molar-refractivity contribution in [1.29, 1.82) is 0 Å². The first-order chi connectivity index (χ1) is 12.1. The Labute approximate surface area is 153 Å². The van der Waals surface area contributed by atoms with E-state index >= 15 is 0 Å². The third-order valence-corrected chi connectivity index (χ3v) is 4.90. The molecule has 134 valence electrons. The lowest BCUT2D eigenvalue weighted by molar-refractivity contribution is 0.0897. The molecule has 2 aromatic rings. The van der Waals surface area contributed by atoms with Crippen LogP contribution in [0.15, 0.2) is 29.1 Å². The summed E-state index contributed by atoms with van der Waals surface area (Å²) in [6, 6.07) is 8.01. The lowest BCUT2D eigenvalue weighted by atomic mass is 10.1. The predicted octanol–water partition coefficient (Wildman–Crippen LogP) is 2.71. The average Bonchev–Trinajstić information content (AvgIpc) is 3.08. The Kier molecular flexibility index (Phi) is 5.71. The van der Waals surface area contributed by atoms with Crippen LogP contribution in [0.2, 0.25) is 0 Å². The molecule has 25 heavy (non-hydrogen) atoms. The molecule has 1 fully saturated rings. The maximum Gasteiger partial charge on any atom is 0.253 e. The fourth-order valence-corrected chi connectivity index (χ4v) is 3.49. The normalized spacial score (nSPS) is 17.0. The predicted molar refractivity (Wildman–Crippen MR) is 105 cm³/mol. The monoisotopic (exact) mass is 359 g/mol. The Balaban J connectivity index is 1.86. The van der Waals surface area contributed by atoms with E-state index in [1.165, 1.54) is 5.56 Å². The molecule has 0 spiro atoms. The Hall–Kier alpha value is -1.92. The summed E-state index contributed by atoms with van der Waals surface area (Å²) in [4.78, 5) is 17.5. The highest BCUT2D eigenvalue weighted by atomic mass is 32.1. The van der Waals surface area contributed by atoms with Crippen molar-refractivity contribution in [2.45, 2.75) is 39.3 Å². The van der Waals surface area contributed by atoms with E-state index in [0.717, 1.165) is 42.5 Å². The maximum atomic E-state index is 12.5. The van der Waals surface area contributed by atoms with Crippen molar-refractivity contribution < 1.29 is 4.74 Å². The molecule has 1 saturated heterocycles. The molecule has 2 N–H and O–H groups in total. The van der Waals surface area contributed by atoms with Gasteiger partial charge in [-0.3, -0.25) is 4.79 Å². The molecule has 1 aliphatic rings. The molecule has 0 aliphatic carbocycles. The van der Waals surface area contributed by atoms with Crippen LogP contribution in [0.25, 0.3) is 10.9 Å². The van der Waals surface area contributed by atoms with Gasteiger partial charge in [-0.05, 0) is 62.5 Å². The summed E-state index contributed by atoms with van der Waals surface area (Å²) >= 11 is 5.52. The summed E-state index contributed by atoms with van der Waals surface area (Å²) in [6.07, 6.45) is 2.30. The maximum absolute atomic E-state index is 12.5. The molecule has 0 radical (unpaired) electrons. The lowest BCUT2D eigenvalue weighted by Crippen LogP contribution is -2.43. The number of hydrogen-bond acceptors (Lipinski definition) is 3. The zero-order chi connectivity index (χ0) is 17.8. The van der Waals surface area contributed by atoms with Gasteiger partial charge < -0.3 is 19.9 Å². The van der Waals surface area contributed by atoms with Gasteiger partial charge in [-0.2, -0.15) is 0 Å². The quantitative estimate of drug-likeness (QED) is 0.804. The van der Waals surface area contributed by atoms with Crippen LogP contribution >= 0.6 is 12.2 Å². The van der Waals surface area contributed by atoms with Crippen molar-refractivity contribution in [2.24, 2.45) is 0 Å². The number of ether oxygens (including phenoxy) is 1. The zero-order valence-corrected chi connectivity index (χ0v) is 15.6. The van der Waals surface area contributed by atoms with Gasteiger partial charge >= 0.3 is 0 Å². The van der Waals surface area contributed by atoms with Crippen LogP contribution in [0.3, 0.4) is 0 Å². The molecular weight excluding hydrogens is 334 g/mol. The summed E-state index contributed by atoms with van der Waals surface area (Å²) in [5.41, 5.74) is 2.69. The molecule has 2 heterocycles. The molecule has 1 aliphatic heterocycles. The molecule has 1 atom stereocenters. The largest absolute Gasteiger partial charge is 0.376 e. The van der Waals surface area contributed by atoms with Crippen molar-refractivity contribution in [3.63, 3.8) is 0 Å². The zero-order valence-electron chi connectivity index (χ0n) is 14.8. The fraction of sp³-hybridized carbons (Fsp3) is 0.474. The van der Waals surface area contributed by atoms with Gasteiger partial charge in [-0.25, -0.2) is 0 Å². The minimum absolute atomic E-state index is 0.0620. The molecule has 1 aromatic carbocycles. The van der Waals surface area contributed by atoms with E-state index < -0.39 is 0 Å². The van der Waals surface area contributed by atoms with Gasteiger partial charge in [-0.1, -0.05) is 11.6 Å². The Morgan fingerprint density at radius 2 is 2.28 bits per heavy atom. The van der Waals surface area contributed by atoms with Crippen LogP contribution in [-0.4, -0.2) is 40.8 Å². The summed E-state index contributed by atoms with van der Waals surface area (Å²) in [5, 5.41) is 4.91. The fourth-order valence-electron chi connectivity index (χ4n) is 3.21. The molecule has 1 aromatic heterocycles. The topological polar surface area (TPSA) is 57.4 Å². The van der Waals surface area contributed by atoms with E-state index in [9.17, 15) is 4.79 Å². The SMILES string of the molecule is CCNC(=S)N(Cc1cc2cc(C)ccc2[nH]c1=O)CC1CCCO1. The summed E-state index contributed by atoms with van der Waals surface area (Å²) < 4.78 is 5.75. The van der Waals surface area contributed by atoms with E-state index in [1.54, 1.807) is 0 Å². The number of thiocarbonyl (C=S) groups is 1. The van der Waals surface area contributed by atoms with Crippen molar-refractivity contribution in [1.82, 2.24) is 15.2 Å². The van der Waals surface area contributed by atoms with Crippen LogP contribution in [0, 0.1) is 6.92 Å². The Morgan fingerprint density at radius 1 is 1.44 bits per heavy atom. The number of aromatic nitrogens is 1. The molecule has 0 saturated carbocycles.